The smallest absolute Gasteiger partial charge is 0.362 e. The minimum Gasteiger partial charge on any atom is -0.477 e. The third kappa shape index (κ3) is 33.4. The van der Waals surface area contributed by atoms with Crippen LogP contribution < -0.4 is 0 Å². The average molecular weight is 735 g/mol. The van der Waals surface area contributed by atoms with Gasteiger partial charge in [-0.25, -0.2) is 4.79 Å². The van der Waals surface area contributed by atoms with Crippen molar-refractivity contribution in [3.8, 4) is 0 Å². The fourth-order valence-corrected chi connectivity index (χ4v) is 5.94. The van der Waals surface area contributed by atoms with E-state index in [4.69, 9.17) is 14.2 Å². The molecule has 52 heavy (non-hydrogen) atoms. The molecule has 0 radical (unpaired) electrons. The van der Waals surface area contributed by atoms with E-state index in [2.05, 4.69) is 50.3 Å². The van der Waals surface area contributed by atoms with Gasteiger partial charge < -0.3 is 23.8 Å². The lowest BCUT2D eigenvalue weighted by atomic mass is 10.1. The Bertz CT molecular complexity index is 953. The SMILES string of the molecule is CCCCC/C=C\CCCCCCCC(=O)OCC(COCCC(C(=O)O)[N+](C)(C)C)OC(=O)CCCCCCC/C=C\C/C=C\CCCCCC. The molecular formula is C44H80NO7+. The van der Waals surface area contributed by atoms with Crippen molar-refractivity contribution in [2.75, 3.05) is 41.0 Å². The summed E-state index contributed by atoms with van der Waals surface area (Å²) in [7, 11) is 5.51. The first-order chi connectivity index (χ1) is 25.1. The number of carboxylic acid groups (broad SMARTS) is 1. The number of likely N-dealkylation sites (N-methyl/N-ethyl adjacent to an activating group) is 1. The van der Waals surface area contributed by atoms with E-state index in [1.54, 1.807) is 0 Å². The first-order valence-electron chi connectivity index (χ1n) is 21.0. The number of rotatable bonds is 37. The first kappa shape index (κ1) is 49.6. The number of quaternary nitrogens is 1. The highest BCUT2D eigenvalue weighted by molar-refractivity contribution is 5.72. The van der Waals surface area contributed by atoms with E-state index in [0.717, 1.165) is 77.0 Å². The molecule has 0 aromatic rings. The maximum Gasteiger partial charge on any atom is 0.362 e. The molecule has 0 amide bonds. The van der Waals surface area contributed by atoms with Crippen LogP contribution in [0, 0.1) is 0 Å². The molecule has 0 aliphatic carbocycles. The minimum absolute atomic E-state index is 0.0534. The lowest BCUT2D eigenvalue weighted by molar-refractivity contribution is -0.887. The fraction of sp³-hybridized carbons (Fsp3) is 0.795. The van der Waals surface area contributed by atoms with Gasteiger partial charge in [-0.3, -0.25) is 9.59 Å². The number of carboxylic acids is 1. The molecular weight excluding hydrogens is 654 g/mol. The van der Waals surface area contributed by atoms with Crippen molar-refractivity contribution in [2.45, 2.75) is 187 Å². The molecule has 0 spiro atoms. The zero-order chi connectivity index (χ0) is 38.5. The summed E-state index contributed by atoms with van der Waals surface area (Å²) >= 11 is 0. The van der Waals surface area contributed by atoms with Gasteiger partial charge in [0.2, 0.25) is 0 Å². The van der Waals surface area contributed by atoms with Gasteiger partial charge in [-0.1, -0.05) is 121 Å². The Morgan fingerprint density at radius 2 is 1.02 bits per heavy atom. The molecule has 0 fully saturated rings. The quantitative estimate of drug-likeness (QED) is 0.0293. The molecule has 0 saturated carbocycles. The predicted octanol–water partition coefficient (Wildman–Crippen LogP) is 11.1. The van der Waals surface area contributed by atoms with E-state index in [0.29, 0.717) is 19.3 Å². The van der Waals surface area contributed by atoms with E-state index in [1.807, 2.05) is 21.1 Å². The van der Waals surface area contributed by atoms with Gasteiger partial charge in [0.25, 0.3) is 0 Å². The maximum absolute atomic E-state index is 12.7. The number of allylic oxidation sites excluding steroid dienone is 6. The lowest BCUT2D eigenvalue weighted by Gasteiger charge is -2.31. The molecule has 0 aliphatic rings. The fourth-order valence-electron chi connectivity index (χ4n) is 5.94. The van der Waals surface area contributed by atoms with Crippen LogP contribution in [0.5, 0.6) is 0 Å². The highest BCUT2D eigenvalue weighted by atomic mass is 16.6. The van der Waals surface area contributed by atoms with Gasteiger partial charge in [-0.15, -0.1) is 0 Å². The summed E-state index contributed by atoms with van der Waals surface area (Å²) in [6.45, 7) is 4.66. The lowest BCUT2D eigenvalue weighted by Crippen LogP contribution is -2.50. The normalized spacial score (nSPS) is 13.3. The Balaban J connectivity index is 4.41. The van der Waals surface area contributed by atoms with Crippen molar-refractivity contribution in [3.05, 3.63) is 36.5 Å². The maximum atomic E-state index is 12.7. The molecule has 8 nitrogen and oxygen atoms in total. The second-order valence-electron chi connectivity index (χ2n) is 15.2. The van der Waals surface area contributed by atoms with E-state index in [9.17, 15) is 19.5 Å². The number of nitrogens with zero attached hydrogens (tertiary/aromatic N) is 1. The van der Waals surface area contributed by atoms with Crippen LogP contribution in [0.4, 0.5) is 0 Å². The molecule has 0 aromatic carbocycles. The molecule has 302 valence electrons. The minimum atomic E-state index is -0.879. The molecule has 2 atom stereocenters. The molecule has 1 N–H and O–H groups in total. The summed E-state index contributed by atoms with van der Waals surface area (Å²) < 4.78 is 17.2. The van der Waals surface area contributed by atoms with E-state index < -0.39 is 18.1 Å². The zero-order valence-corrected chi connectivity index (χ0v) is 34.3. The highest BCUT2D eigenvalue weighted by Crippen LogP contribution is 2.13. The van der Waals surface area contributed by atoms with E-state index in [1.165, 1.54) is 64.2 Å². The van der Waals surface area contributed by atoms with E-state index >= 15 is 0 Å². The van der Waals surface area contributed by atoms with Gasteiger partial charge in [0, 0.05) is 19.3 Å². The van der Waals surface area contributed by atoms with Crippen LogP contribution in [0.2, 0.25) is 0 Å². The number of carbonyl (C=O) groups excluding carboxylic acids is 2. The number of esters is 2. The number of carbonyl (C=O) groups is 3. The summed E-state index contributed by atoms with van der Waals surface area (Å²) in [5, 5.41) is 9.60. The standard InChI is InChI=1S/C44H79NO7/c1-6-8-10-12-14-16-18-20-21-22-23-25-27-29-31-33-35-43(47)52-40(38-50-37-36-41(44(48)49)45(3,4)5)39-51-42(46)34-32-30-28-26-24-19-17-15-13-11-9-7-2/h15-18,21-22,40-41H,6-14,19-20,23-39H2,1-5H3/p+1/b17-15-,18-16-,22-21-. The van der Waals surface area contributed by atoms with Crippen LogP contribution in [0.3, 0.4) is 0 Å². The largest absolute Gasteiger partial charge is 0.477 e. The van der Waals surface area contributed by atoms with Crippen molar-refractivity contribution in [2.24, 2.45) is 0 Å². The third-order valence-corrected chi connectivity index (χ3v) is 9.26. The van der Waals surface area contributed by atoms with Gasteiger partial charge in [0.15, 0.2) is 12.1 Å². The Labute approximate surface area is 319 Å². The molecule has 8 heteroatoms. The summed E-state index contributed by atoms with van der Waals surface area (Å²) in [6, 6.07) is -0.617. The second kappa shape index (κ2) is 35.6. The Morgan fingerprint density at radius 3 is 1.54 bits per heavy atom. The second-order valence-corrected chi connectivity index (χ2v) is 15.2. The summed E-state index contributed by atoms with van der Waals surface area (Å²) in [4.78, 5) is 36.9. The number of aliphatic carboxylic acids is 1. The molecule has 0 aliphatic heterocycles. The predicted molar refractivity (Wildman–Crippen MR) is 215 cm³/mol. The third-order valence-electron chi connectivity index (χ3n) is 9.26. The van der Waals surface area contributed by atoms with Crippen molar-refractivity contribution in [1.82, 2.24) is 0 Å². The van der Waals surface area contributed by atoms with Gasteiger partial charge in [0.1, 0.15) is 6.61 Å². The van der Waals surface area contributed by atoms with Gasteiger partial charge in [-0.2, -0.15) is 0 Å². The topological polar surface area (TPSA) is 99.1 Å². The first-order valence-corrected chi connectivity index (χ1v) is 21.0. The highest BCUT2D eigenvalue weighted by Gasteiger charge is 2.31. The van der Waals surface area contributed by atoms with Crippen molar-refractivity contribution in [3.63, 3.8) is 0 Å². The van der Waals surface area contributed by atoms with E-state index in [-0.39, 0.29) is 36.2 Å². The number of unbranched alkanes of at least 4 members (excludes halogenated alkanes) is 17. The summed E-state index contributed by atoms with van der Waals surface area (Å²) in [5.41, 5.74) is 0. The Morgan fingerprint density at radius 1 is 0.577 bits per heavy atom. The van der Waals surface area contributed by atoms with Crippen molar-refractivity contribution < 1.29 is 38.2 Å². The number of hydrogen-bond donors (Lipinski definition) is 1. The van der Waals surface area contributed by atoms with Crippen LogP contribution in [0.15, 0.2) is 36.5 Å². The van der Waals surface area contributed by atoms with Crippen molar-refractivity contribution >= 4 is 17.9 Å². The van der Waals surface area contributed by atoms with Gasteiger partial charge in [-0.05, 0) is 70.6 Å². The molecule has 2 unspecified atom stereocenters. The molecule has 0 aromatic heterocycles. The Hall–Kier alpha value is -2.45. The number of ether oxygens (including phenoxy) is 3. The summed E-state index contributed by atoms with van der Waals surface area (Å²) in [5.74, 6) is -1.50. The monoisotopic (exact) mass is 735 g/mol. The molecule has 0 heterocycles. The molecule has 0 bridgehead atoms. The molecule has 0 saturated heterocycles. The van der Waals surface area contributed by atoms with Crippen LogP contribution in [-0.4, -0.2) is 80.6 Å². The van der Waals surface area contributed by atoms with Crippen LogP contribution in [0.25, 0.3) is 0 Å². The average Bonchev–Trinajstić information content (AvgIpc) is 3.09. The van der Waals surface area contributed by atoms with Gasteiger partial charge >= 0.3 is 17.9 Å². The molecule has 0 rings (SSSR count). The van der Waals surface area contributed by atoms with Crippen molar-refractivity contribution in [1.29, 1.82) is 0 Å². The van der Waals surface area contributed by atoms with Crippen LogP contribution in [0.1, 0.15) is 174 Å². The van der Waals surface area contributed by atoms with Crippen LogP contribution in [-0.2, 0) is 28.6 Å². The Kier molecular flexibility index (Phi) is 33.9. The van der Waals surface area contributed by atoms with Gasteiger partial charge in [0.05, 0.1) is 34.4 Å². The number of hydrogen-bond acceptors (Lipinski definition) is 6. The van der Waals surface area contributed by atoms with Crippen LogP contribution >= 0.6 is 0 Å². The summed E-state index contributed by atoms with van der Waals surface area (Å²) in [6.07, 6.45) is 38.9. The zero-order valence-electron chi connectivity index (χ0n) is 34.3.